The maximum Gasteiger partial charge on any atom is 0.345 e. The molecule has 0 saturated heterocycles. The van der Waals surface area contributed by atoms with E-state index in [2.05, 4.69) is 4.72 Å². The van der Waals surface area contributed by atoms with E-state index in [4.69, 9.17) is 5.11 Å². The van der Waals surface area contributed by atoms with Crippen LogP contribution in [-0.4, -0.2) is 25.5 Å². The first-order valence-corrected chi connectivity index (χ1v) is 7.56. The molecule has 0 unspecified atom stereocenters. The number of aromatic carboxylic acids is 1. The van der Waals surface area contributed by atoms with E-state index >= 15 is 0 Å². The first kappa shape index (κ1) is 12.5. The van der Waals surface area contributed by atoms with Crippen LogP contribution in [0.15, 0.2) is 11.0 Å². The number of carboxylic acid groups (broad SMARTS) is 1. The topological polar surface area (TPSA) is 83.5 Å². The molecule has 1 aromatic rings. The van der Waals surface area contributed by atoms with Crippen molar-refractivity contribution >= 4 is 27.3 Å². The number of hydrogen-bond acceptors (Lipinski definition) is 4. The molecule has 0 aliphatic heterocycles. The zero-order chi connectivity index (χ0) is 12.6. The summed E-state index contributed by atoms with van der Waals surface area (Å²) in [7, 11) is -3.57. The molecule has 0 spiro atoms. The molecule has 0 aromatic carbocycles. The minimum absolute atomic E-state index is 0.00702. The monoisotopic (exact) mass is 275 g/mol. The summed E-state index contributed by atoms with van der Waals surface area (Å²) in [5, 5.41) is 8.82. The van der Waals surface area contributed by atoms with Gasteiger partial charge in [-0.15, -0.1) is 11.3 Å². The van der Waals surface area contributed by atoms with Crippen LogP contribution < -0.4 is 4.72 Å². The zero-order valence-corrected chi connectivity index (χ0v) is 10.9. The van der Waals surface area contributed by atoms with Crippen LogP contribution >= 0.6 is 11.3 Å². The molecule has 0 amide bonds. The summed E-state index contributed by atoms with van der Waals surface area (Å²) in [5.41, 5.74) is 0. The second-order valence-corrected chi connectivity index (χ2v) is 7.02. The van der Waals surface area contributed by atoms with Crippen molar-refractivity contribution in [3.8, 4) is 0 Å². The van der Waals surface area contributed by atoms with Gasteiger partial charge in [-0.1, -0.05) is 6.42 Å². The SMILES string of the molecule is Cc1sc(C(=O)O)cc1S(=O)(=O)NC1CCC1. The first-order chi connectivity index (χ1) is 7.90. The van der Waals surface area contributed by atoms with Gasteiger partial charge < -0.3 is 5.11 Å². The zero-order valence-electron chi connectivity index (χ0n) is 9.26. The van der Waals surface area contributed by atoms with Crippen LogP contribution in [0.5, 0.6) is 0 Å². The second kappa shape index (κ2) is 4.40. The maximum atomic E-state index is 12.0. The Morgan fingerprint density at radius 1 is 1.53 bits per heavy atom. The fraction of sp³-hybridized carbons (Fsp3) is 0.500. The molecular formula is C10H13NO4S2. The molecule has 0 bridgehead atoms. The van der Waals surface area contributed by atoms with Crippen molar-refractivity contribution in [2.75, 3.05) is 0 Å². The Kier molecular flexibility index (Phi) is 3.24. The molecule has 5 nitrogen and oxygen atoms in total. The largest absolute Gasteiger partial charge is 0.477 e. The normalized spacial score (nSPS) is 16.8. The van der Waals surface area contributed by atoms with E-state index in [0.717, 1.165) is 30.6 Å². The third-order valence-electron chi connectivity index (χ3n) is 2.80. The lowest BCUT2D eigenvalue weighted by atomic mass is 9.94. The van der Waals surface area contributed by atoms with Crippen LogP contribution in [0, 0.1) is 6.92 Å². The van der Waals surface area contributed by atoms with Gasteiger partial charge in [0.2, 0.25) is 10.0 Å². The van der Waals surface area contributed by atoms with E-state index in [1.54, 1.807) is 6.92 Å². The average molecular weight is 275 g/mol. The van der Waals surface area contributed by atoms with E-state index in [-0.39, 0.29) is 15.8 Å². The highest BCUT2D eigenvalue weighted by atomic mass is 32.2. The Morgan fingerprint density at radius 3 is 2.59 bits per heavy atom. The number of carboxylic acids is 1. The van der Waals surface area contributed by atoms with Crippen LogP contribution in [0.4, 0.5) is 0 Å². The maximum absolute atomic E-state index is 12.0. The quantitative estimate of drug-likeness (QED) is 0.874. The Bertz CT molecular complexity index is 543. The standard InChI is InChI=1S/C10H13NO4S2/c1-6-9(5-8(16-6)10(12)13)17(14,15)11-7-3-2-4-7/h5,7,11H,2-4H2,1H3,(H,12,13). The van der Waals surface area contributed by atoms with Crippen molar-refractivity contribution < 1.29 is 18.3 Å². The second-order valence-electron chi connectivity index (χ2n) is 4.09. The Morgan fingerprint density at radius 2 is 2.18 bits per heavy atom. The molecule has 17 heavy (non-hydrogen) atoms. The fourth-order valence-electron chi connectivity index (χ4n) is 1.65. The van der Waals surface area contributed by atoms with E-state index in [9.17, 15) is 13.2 Å². The lowest BCUT2D eigenvalue weighted by molar-refractivity contribution is 0.0702. The number of carbonyl (C=O) groups is 1. The molecule has 2 N–H and O–H groups in total. The van der Waals surface area contributed by atoms with Crippen molar-refractivity contribution in [2.45, 2.75) is 37.1 Å². The van der Waals surface area contributed by atoms with Crippen molar-refractivity contribution in [2.24, 2.45) is 0 Å². The molecule has 1 saturated carbocycles. The number of hydrogen-bond donors (Lipinski definition) is 2. The van der Waals surface area contributed by atoms with E-state index in [0.29, 0.717) is 4.88 Å². The van der Waals surface area contributed by atoms with Crippen molar-refractivity contribution in [3.63, 3.8) is 0 Å². The number of aryl methyl sites for hydroxylation is 1. The number of thiophene rings is 1. The highest BCUT2D eigenvalue weighted by Crippen LogP contribution is 2.27. The lowest BCUT2D eigenvalue weighted by Gasteiger charge is -2.25. The van der Waals surface area contributed by atoms with Gasteiger partial charge in [0.05, 0.1) is 4.90 Å². The summed E-state index contributed by atoms with van der Waals surface area (Å²) < 4.78 is 26.6. The smallest absolute Gasteiger partial charge is 0.345 e. The minimum atomic E-state index is -3.57. The van der Waals surface area contributed by atoms with Crippen LogP contribution in [0.2, 0.25) is 0 Å². The third-order valence-corrected chi connectivity index (χ3v) is 5.61. The highest BCUT2D eigenvalue weighted by Gasteiger charge is 2.27. The van der Waals surface area contributed by atoms with E-state index < -0.39 is 16.0 Å². The number of rotatable bonds is 4. The molecule has 0 atom stereocenters. The van der Waals surface area contributed by atoms with Gasteiger partial charge in [-0.3, -0.25) is 0 Å². The molecule has 1 fully saturated rings. The number of nitrogens with one attached hydrogen (secondary N) is 1. The van der Waals surface area contributed by atoms with E-state index in [1.807, 2.05) is 0 Å². The molecule has 1 heterocycles. The van der Waals surface area contributed by atoms with Crippen molar-refractivity contribution in [1.82, 2.24) is 4.72 Å². The summed E-state index contributed by atoms with van der Waals surface area (Å²) in [4.78, 5) is 11.4. The Hall–Kier alpha value is -0.920. The van der Waals surface area contributed by atoms with Crippen LogP contribution in [0.25, 0.3) is 0 Å². The van der Waals surface area contributed by atoms with Crippen molar-refractivity contribution in [3.05, 3.63) is 15.8 Å². The summed E-state index contributed by atoms with van der Waals surface area (Å²) in [6.07, 6.45) is 2.75. The molecule has 94 valence electrons. The van der Waals surface area contributed by atoms with Crippen LogP contribution in [-0.2, 0) is 10.0 Å². The van der Waals surface area contributed by atoms with Crippen LogP contribution in [0.1, 0.15) is 33.8 Å². The number of sulfonamides is 1. The predicted octanol–water partition coefficient (Wildman–Crippen LogP) is 1.59. The van der Waals surface area contributed by atoms with Gasteiger partial charge in [0.1, 0.15) is 4.88 Å². The molecule has 1 aliphatic carbocycles. The lowest BCUT2D eigenvalue weighted by Crippen LogP contribution is -2.39. The minimum Gasteiger partial charge on any atom is -0.477 e. The van der Waals surface area contributed by atoms with Gasteiger partial charge >= 0.3 is 5.97 Å². The average Bonchev–Trinajstić information content (AvgIpc) is 2.55. The molecular weight excluding hydrogens is 262 g/mol. The summed E-state index contributed by atoms with van der Waals surface area (Å²) in [6, 6.07) is 1.23. The molecule has 1 aromatic heterocycles. The predicted molar refractivity (Wildman–Crippen MR) is 64.0 cm³/mol. The Balaban J connectivity index is 2.28. The summed E-state index contributed by atoms with van der Waals surface area (Å²) in [6.45, 7) is 1.62. The van der Waals surface area contributed by atoms with Crippen molar-refractivity contribution in [1.29, 1.82) is 0 Å². The first-order valence-electron chi connectivity index (χ1n) is 5.26. The Labute approximate surface area is 104 Å². The van der Waals surface area contributed by atoms with Crippen LogP contribution in [0.3, 0.4) is 0 Å². The van der Waals surface area contributed by atoms with Gasteiger partial charge in [-0.05, 0) is 25.8 Å². The van der Waals surface area contributed by atoms with E-state index in [1.165, 1.54) is 6.07 Å². The molecule has 1 aliphatic rings. The van der Waals surface area contributed by atoms with Gasteiger partial charge in [-0.2, -0.15) is 0 Å². The molecule has 7 heteroatoms. The fourth-order valence-corrected chi connectivity index (χ4v) is 4.38. The third kappa shape index (κ3) is 2.51. The van der Waals surface area contributed by atoms with Gasteiger partial charge in [-0.25, -0.2) is 17.9 Å². The van der Waals surface area contributed by atoms with Gasteiger partial charge in [0.25, 0.3) is 0 Å². The van der Waals surface area contributed by atoms with Gasteiger partial charge in [0, 0.05) is 10.9 Å². The van der Waals surface area contributed by atoms with Gasteiger partial charge in [0.15, 0.2) is 0 Å². The highest BCUT2D eigenvalue weighted by molar-refractivity contribution is 7.89. The molecule has 2 rings (SSSR count). The molecule has 0 radical (unpaired) electrons. The summed E-state index contributed by atoms with van der Waals surface area (Å²) >= 11 is 0.983. The summed E-state index contributed by atoms with van der Waals surface area (Å²) in [5.74, 6) is -1.09.